The fraction of sp³-hybridized carbons (Fsp3) is 0.300. The number of imidazole rings is 1. The Bertz CT molecular complexity index is 538. The van der Waals surface area contributed by atoms with E-state index in [1.807, 2.05) is 16.7 Å². The molecule has 0 aliphatic rings. The number of carbonyl (C=O) groups excluding carboxylic acids is 1. The van der Waals surface area contributed by atoms with Crippen molar-refractivity contribution in [2.24, 2.45) is 5.73 Å². The van der Waals surface area contributed by atoms with Gasteiger partial charge in [-0.1, -0.05) is 0 Å². The van der Waals surface area contributed by atoms with Gasteiger partial charge in [-0.3, -0.25) is 0 Å². The van der Waals surface area contributed by atoms with Gasteiger partial charge < -0.3 is 15.6 Å². The molecular formula is C10H12ClN5O. The van der Waals surface area contributed by atoms with Crippen molar-refractivity contribution in [2.75, 3.05) is 6.54 Å². The first kappa shape index (κ1) is 11.7. The third kappa shape index (κ3) is 2.47. The highest BCUT2D eigenvalue weighted by molar-refractivity contribution is 6.16. The lowest BCUT2D eigenvalue weighted by Gasteiger charge is -2.06. The van der Waals surface area contributed by atoms with Gasteiger partial charge in [-0.25, -0.2) is 14.8 Å². The molecule has 90 valence electrons. The largest absolute Gasteiger partial charge is 0.352 e. The van der Waals surface area contributed by atoms with Crippen LogP contribution in [0, 0.1) is 0 Å². The van der Waals surface area contributed by atoms with E-state index in [0.29, 0.717) is 19.0 Å². The van der Waals surface area contributed by atoms with Crippen LogP contribution in [0.5, 0.6) is 0 Å². The van der Waals surface area contributed by atoms with Crippen molar-refractivity contribution in [1.82, 2.24) is 19.9 Å². The van der Waals surface area contributed by atoms with Gasteiger partial charge in [-0.05, 0) is 12.1 Å². The highest BCUT2D eigenvalue weighted by Gasteiger charge is 2.10. The van der Waals surface area contributed by atoms with Gasteiger partial charge in [0.25, 0.3) is 0 Å². The summed E-state index contributed by atoms with van der Waals surface area (Å²) in [6.45, 7) is 0.958. The Morgan fingerprint density at radius 2 is 2.41 bits per heavy atom. The van der Waals surface area contributed by atoms with Gasteiger partial charge in [0.2, 0.25) is 0 Å². The van der Waals surface area contributed by atoms with Gasteiger partial charge in [0.1, 0.15) is 11.3 Å². The zero-order chi connectivity index (χ0) is 12.3. The second-order valence-corrected chi connectivity index (χ2v) is 3.72. The summed E-state index contributed by atoms with van der Waals surface area (Å²) >= 11 is 5.82. The summed E-state index contributed by atoms with van der Waals surface area (Å²) in [5.74, 6) is 1.03. The van der Waals surface area contributed by atoms with Crippen LogP contribution in [0.2, 0.25) is 0 Å². The normalized spacial score (nSPS) is 10.6. The quantitative estimate of drug-likeness (QED) is 0.792. The maximum Gasteiger partial charge on any atom is 0.312 e. The van der Waals surface area contributed by atoms with Crippen molar-refractivity contribution in [2.45, 2.75) is 12.4 Å². The van der Waals surface area contributed by atoms with E-state index in [9.17, 15) is 4.79 Å². The number of primary amides is 1. The van der Waals surface area contributed by atoms with Crippen LogP contribution in [0.3, 0.4) is 0 Å². The number of aromatic nitrogens is 3. The van der Waals surface area contributed by atoms with Crippen LogP contribution >= 0.6 is 11.6 Å². The number of amides is 2. The molecule has 17 heavy (non-hydrogen) atoms. The molecule has 0 aliphatic heterocycles. The molecular weight excluding hydrogens is 242 g/mol. The highest BCUT2D eigenvalue weighted by atomic mass is 35.5. The van der Waals surface area contributed by atoms with Crippen LogP contribution in [0.4, 0.5) is 4.79 Å². The molecule has 0 aromatic carbocycles. The fourth-order valence-corrected chi connectivity index (χ4v) is 1.84. The van der Waals surface area contributed by atoms with Gasteiger partial charge in [0, 0.05) is 19.3 Å². The van der Waals surface area contributed by atoms with Crippen molar-refractivity contribution >= 4 is 28.8 Å². The zero-order valence-electron chi connectivity index (χ0n) is 9.06. The summed E-state index contributed by atoms with van der Waals surface area (Å²) in [6.07, 6.45) is 1.69. The molecule has 7 heteroatoms. The molecule has 2 heterocycles. The number of hydrogen-bond acceptors (Lipinski definition) is 3. The number of nitrogens with two attached hydrogens (primary N) is 1. The lowest BCUT2D eigenvalue weighted by Crippen LogP contribution is -2.32. The van der Waals surface area contributed by atoms with Gasteiger partial charge in [0.15, 0.2) is 5.65 Å². The molecule has 2 aromatic rings. The lowest BCUT2D eigenvalue weighted by molar-refractivity contribution is 0.248. The van der Waals surface area contributed by atoms with Crippen LogP contribution in [0.15, 0.2) is 18.3 Å². The average Bonchev–Trinajstić information content (AvgIpc) is 2.67. The molecule has 0 unspecified atom stereocenters. The Hall–Kier alpha value is -1.82. The summed E-state index contributed by atoms with van der Waals surface area (Å²) in [4.78, 5) is 19.2. The van der Waals surface area contributed by atoms with Crippen molar-refractivity contribution in [3.63, 3.8) is 0 Å². The number of halogens is 1. The van der Waals surface area contributed by atoms with E-state index >= 15 is 0 Å². The zero-order valence-corrected chi connectivity index (χ0v) is 9.81. The number of pyridine rings is 1. The molecule has 0 saturated carbocycles. The lowest BCUT2D eigenvalue weighted by atomic mass is 10.4. The maximum atomic E-state index is 10.6. The smallest absolute Gasteiger partial charge is 0.312 e. The Morgan fingerprint density at radius 3 is 3.12 bits per heavy atom. The molecule has 2 rings (SSSR count). The van der Waals surface area contributed by atoms with Crippen LogP contribution in [0.25, 0.3) is 11.2 Å². The third-order valence-electron chi connectivity index (χ3n) is 2.34. The van der Waals surface area contributed by atoms with Crippen LogP contribution in [0.1, 0.15) is 5.82 Å². The summed E-state index contributed by atoms with van der Waals surface area (Å²) in [5.41, 5.74) is 6.55. The van der Waals surface area contributed by atoms with Crippen molar-refractivity contribution < 1.29 is 4.79 Å². The number of carbonyl (C=O) groups is 1. The van der Waals surface area contributed by atoms with E-state index in [-0.39, 0.29) is 0 Å². The second kappa shape index (κ2) is 5.01. The monoisotopic (exact) mass is 253 g/mol. The molecule has 0 spiro atoms. The predicted octanol–water partition coefficient (Wildman–Crippen LogP) is 0.838. The molecule has 0 aliphatic carbocycles. The SMILES string of the molecule is NC(=O)NCCn1c(CCl)nc2cccnc21. The first-order valence-corrected chi connectivity index (χ1v) is 5.65. The Labute approximate surface area is 103 Å². The molecule has 0 atom stereocenters. The average molecular weight is 254 g/mol. The van der Waals surface area contributed by atoms with Gasteiger partial charge in [-0.2, -0.15) is 0 Å². The van der Waals surface area contributed by atoms with Crippen LogP contribution in [-0.4, -0.2) is 27.1 Å². The minimum absolute atomic E-state index is 0.299. The molecule has 2 aromatic heterocycles. The highest BCUT2D eigenvalue weighted by Crippen LogP contribution is 2.14. The molecule has 3 N–H and O–H groups in total. The van der Waals surface area contributed by atoms with E-state index in [1.165, 1.54) is 0 Å². The molecule has 0 radical (unpaired) electrons. The van der Waals surface area contributed by atoms with Crippen LogP contribution < -0.4 is 11.1 Å². The number of urea groups is 1. The minimum Gasteiger partial charge on any atom is -0.352 e. The van der Waals surface area contributed by atoms with E-state index in [4.69, 9.17) is 17.3 Å². The van der Waals surface area contributed by atoms with Gasteiger partial charge in [0.05, 0.1) is 5.88 Å². The van der Waals surface area contributed by atoms with Crippen molar-refractivity contribution in [3.05, 3.63) is 24.2 Å². The first-order valence-electron chi connectivity index (χ1n) is 5.11. The van der Waals surface area contributed by atoms with E-state index in [0.717, 1.165) is 17.0 Å². The Balaban J connectivity index is 2.27. The van der Waals surface area contributed by atoms with Crippen molar-refractivity contribution in [3.8, 4) is 0 Å². The summed E-state index contributed by atoms with van der Waals surface area (Å²) in [7, 11) is 0. The standard InChI is InChI=1S/C10H12ClN5O/c11-6-8-15-7-2-1-3-13-9(7)16(8)5-4-14-10(12)17/h1-3H,4-6H2,(H3,12,14,17). The Morgan fingerprint density at radius 1 is 1.59 bits per heavy atom. The molecule has 0 bridgehead atoms. The number of hydrogen-bond donors (Lipinski definition) is 2. The number of alkyl halides is 1. The number of nitrogens with one attached hydrogen (secondary N) is 1. The molecule has 2 amide bonds. The van der Waals surface area contributed by atoms with E-state index < -0.39 is 6.03 Å². The fourth-order valence-electron chi connectivity index (χ4n) is 1.63. The topological polar surface area (TPSA) is 85.8 Å². The van der Waals surface area contributed by atoms with E-state index in [2.05, 4.69) is 15.3 Å². The van der Waals surface area contributed by atoms with E-state index in [1.54, 1.807) is 6.20 Å². The van der Waals surface area contributed by atoms with Gasteiger partial charge in [-0.15, -0.1) is 11.6 Å². The molecule has 0 saturated heterocycles. The summed E-state index contributed by atoms with van der Waals surface area (Å²) in [5, 5.41) is 2.52. The molecule has 0 fully saturated rings. The minimum atomic E-state index is -0.546. The predicted molar refractivity (Wildman–Crippen MR) is 64.7 cm³/mol. The second-order valence-electron chi connectivity index (χ2n) is 3.45. The first-order chi connectivity index (χ1) is 8.22. The molecule has 6 nitrogen and oxygen atoms in total. The number of rotatable bonds is 4. The Kier molecular flexibility index (Phi) is 3.43. The maximum absolute atomic E-state index is 10.6. The third-order valence-corrected chi connectivity index (χ3v) is 2.58. The number of nitrogens with zero attached hydrogens (tertiary/aromatic N) is 3. The summed E-state index contributed by atoms with van der Waals surface area (Å²) < 4.78 is 1.87. The van der Waals surface area contributed by atoms with Crippen LogP contribution in [-0.2, 0) is 12.4 Å². The van der Waals surface area contributed by atoms with Gasteiger partial charge >= 0.3 is 6.03 Å². The van der Waals surface area contributed by atoms with Crippen molar-refractivity contribution in [1.29, 1.82) is 0 Å². The number of fused-ring (bicyclic) bond motifs is 1. The summed E-state index contributed by atoms with van der Waals surface area (Å²) in [6, 6.07) is 3.14.